The van der Waals surface area contributed by atoms with Gasteiger partial charge in [0.15, 0.2) is 0 Å². The topological polar surface area (TPSA) is 21.3 Å². The molecule has 2 rings (SSSR count). The van der Waals surface area contributed by atoms with Gasteiger partial charge in [-0.25, -0.2) is 0 Å². The van der Waals surface area contributed by atoms with Crippen LogP contribution in [0.1, 0.15) is 50.6 Å². The van der Waals surface area contributed by atoms with Crippen LogP contribution in [0.3, 0.4) is 0 Å². The highest BCUT2D eigenvalue weighted by atomic mass is 32.2. The van der Waals surface area contributed by atoms with E-state index in [-0.39, 0.29) is 0 Å². The third-order valence-corrected chi connectivity index (χ3v) is 5.48. The van der Waals surface area contributed by atoms with Gasteiger partial charge >= 0.3 is 0 Å². The van der Waals surface area contributed by atoms with Crippen LogP contribution in [-0.4, -0.2) is 24.7 Å². The molecule has 1 unspecified atom stereocenters. The second-order valence-corrected chi connectivity index (χ2v) is 6.78. The fourth-order valence-electron chi connectivity index (χ4n) is 2.92. The predicted octanol–water partition coefficient (Wildman–Crippen LogP) is 4.41. The Labute approximate surface area is 127 Å². The summed E-state index contributed by atoms with van der Waals surface area (Å²) in [6, 6.07) is 8.79. The lowest BCUT2D eigenvalue weighted by Gasteiger charge is -2.25. The van der Waals surface area contributed by atoms with Gasteiger partial charge in [0.25, 0.3) is 0 Å². The molecule has 1 saturated carbocycles. The summed E-state index contributed by atoms with van der Waals surface area (Å²) in [5.74, 6) is 2.14. The molecule has 0 radical (unpaired) electrons. The van der Waals surface area contributed by atoms with Crippen LogP contribution in [0, 0.1) is 0 Å². The number of rotatable bonds is 7. The number of hydrogen-bond donors (Lipinski definition) is 1. The normalized spacial score (nSPS) is 17.9. The van der Waals surface area contributed by atoms with Gasteiger partial charge in [-0.3, -0.25) is 0 Å². The zero-order valence-electron chi connectivity index (χ0n) is 12.7. The molecule has 0 bridgehead atoms. The number of thioether (sulfide) groups is 1. The predicted molar refractivity (Wildman–Crippen MR) is 88.7 cm³/mol. The second kappa shape index (κ2) is 8.58. The first-order valence-electron chi connectivity index (χ1n) is 7.83. The van der Waals surface area contributed by atoms with E-state index in [1.165, 1.54) is 37.7 Å². The van der Waals surface area contributed by atoms with Crippen LogP contribution in [0.5, 0.6) is 5.75 Å². The molecule has 3 heteroatoms. The van der Waals surface area contributed by atoms with Crippen molar-refractivity contribution < 1.29 is 4.74 Å². The van der Waals surface area contributed by atoms with Gasteiger partial charge in [0, 0.05) is 22.6 Å². The zero-order chi connectivity index (χ0) is 14.2. The molecule has 0 heterocycles. The number of nitrogens with one attached hydrogen (secondary N) is 1. The number of methoxy groups -OCH3 is 1. The first kappa shape index (κ1) is 15.7. The molecule has 0 saturated heterocycles. The van der Waals surface area contributed by atoms with Crippen molar-refractivity contribution in [2.75, 3.05) is 19.4 Å². The summed E-state index contributed by atoms with van der Waals surface area (Å²) in [5, 5.41) is 4.47. The number of benzene rings is 1. The number of ether oxygens (including phenoxy) is 1. The van der Waals surface area contributed by atoms with Gasteiger partial charge in [-0.15, -0.1) is 0 Å². The van der Waals surface area contributed by atoms with Crippen molar-refractivity contribution in [2.24, 2.45) is 0 Å². The van der Waals surface area contributed by atoms with Crippen molar-refractivity contribution in [1.29, 1.82) is 0 Å². The Kier molecular flexibility index (Phi) is 6.74. The van der Waals surface area contributed by atoms with Gasteiger partial charge in [-0.05, 0) is 25.5 Å². The molecule has 1 fully saturated rings. The molecule has 0 aromatic heterocycles. The van der Waals surface area contributed by atoms with Crippen molar-refractivity contribution in [1.82, 2.24) is 5.32 Å². The second-order valence-electron chi connectivity index (χ2n) is 5.45. The summed E-state index contributed by atoms with van der Waals surface area (Å²) in [7, 11) is 1.76. The van der Waals surface area contributed by atoms with Crippen molar-refractivity contribution in [2.45, 2.75) is 50.3 Å². The molecule has 0 spiro atoms. The van der Waals surface area contributed by atoms with E-state index in [1.54, 1.807) is 7.11 Å². The van der Waals surface area contributed by atoms with Gasteiger partial charge in [-0.2, -0.15) is 11.8 Å². The van der Waals surface area contributed by atoms with Crippen LogP contribution in [-0.2, 0) is 0 Å². The Morgan fingerprint density at radius 2 is 2.00 bits per heavy atom. The first-order valence-corrected chi connectivity index (χ1v) is 8.88. The molecule has 0 aliphatic heterocycles. The van der Waals surface area contributed by atoms with Crippen LogP contribution >= 0.6 is 11.8 Å². The summed E-state index contributed by atoms with van der Waals surface area (Å²) in [4.78, 5) is 0. The van der Waals surface area contributed by atoms with E-state index in [0.717, 1.165) is 23.3 Å². The first-order chi connectivity index (χ1) is 9.85. The minimum absolute atomic E-state index is 0.392. The van der Waals surface area contributed by atoms with Gasteiger partial charge in [0.2, 0.25) is 0 Å². The van der Waals surface area contributed by atoms with E-state index < -0.39 is 0 Å². The average molecular weight is 293 g/mol. The maximum absolute atomic E-state index is 5.52. The van der Waals surface area contributed by atoms with Crippen LogP contribution in [0.2, 0.25) is 0 Å². The summed E-state index contributed by atoms with van der Waals surface area (Å²) in [6.07, 6.45) is 7.06. The summed E-state index contributed by atoms with van der Waals surface area (Å²) in [5.41, 5.74) is 1.29. The van der Waals surface area contributed by atoms with E-state index >= 15 is 0 Å². The van der Waals surface area contributed by atoms with Gasteiger partial charge in [0.05, 0.1) is 7.11 Å². The van der Waals surface area contributed by atoms with Gasteiger partial charge < -0.3 is 10.1 Å². The molecule has 1 atom stereocenters. The molecule has 112 valence electrons. The van der Waals surface area contributed by atoms with E-state index in [9.17, 15) is 0 Å². The third kappa shape index (κ3) is 4.42. The maximum atomic E-state index is 5.52. The highest BCUT2D eigenvalue weighted by molar-refractivity contribution is 7.99. The maximum Gasteiger partial charge on any atom is 0.123 e. The van der Waals surface area contributed by atoms with Crippen molar-refractivity contribution in [3.05, 3.63) is 29.8 Å². The molecular formula is C17H27NOS. The minimum atomic E-state index is 0.392. The van der Waals surface area contributed by atoms with Crippen LogP contribution < -0.4 is 10.1 Å². The van der Waals surface area contributed by atoms with Crippen LogP contribution in [0.4, 0.5) is 0 Å². The zero-order valence-corrected chi connectivity index (χ0v) is 13.5. The highest BCUT2D eigenvalue weighted by Gasteiger charge is 2.19. The number of para-hydroxylation sites is 1. The van der Waals surface area contributed by atoms with Crippen molar-refractivity contribution >= 4 is 11.8 Å². The molecule has 1 aliphatic rings. The highest BCUT2D eigenvalue weighted by Crippen LogP contribution is 2.33. The Morgan fingerprint density at radius 3 is 2.70 bits per heavy atom. The fraction of sp³-hybridized carbons (Fsp3) is 0.647. The molecule has 1 N–H and O–H groups in total. The quantitative estimate of drug-likeness (QED) is 0.804. The molecule has 20 heavy (non-hydrogen) atoms. The molecular weight excluding hydrogens is 266 g/mol. The van der Waals surface area contributed by atoms with Gasteiger partial charge in [-0.1, -0.05) is 44.4 Å². The molecule has 2 nitrogen and oxygen atoms in total. The van der Waals surface area contributed by atoms with Crippen LogP contribution in [0.25, 0.3) is 0 Å². The van der Waals surface area contributed by atoms with E-state index in [0.29, 0.717) is 6.04 Å². The molecule has 1 aromatic carbocycles. The Hall–Kier alpha value is -0.670. The van der Waals surface area contributed by atoms with E-state index in [2.05, 4.69) is 42.2 Å². The largest absolute Gasteiger partial charge is 0.496 e. The lowest BCUT2D eigenvalue weighted by Crippen LogP contribution is -2.24. The molecule has 1 aliphatic carbocycles. The Balaban J connectivity index is 1.98. The minimum Gasteiger partial charge on any atom is -0.496 e. The Morgan fingerprint density at radius 1 is 1.25 bits per heavy atom. The fourth-order valence-corrected chi connectivity index (χ4v) is 4.35. The molecule has 1 aromatic rings. The van der Waals surface area contributed by atoms with E-state index in [4.69, 9.17) is 4.74 Å². The summed E-state index contributed by atoms with van der Waals surface area (Å²) < 4.78 is 5.52. The average Bonchev–Trinajstić information content (AvgIpc) is 2.52. The lowest BCUT2D eigenvalue weighted by molar-refractivity contribution is 0.403. The Bertz CT molecular complexity index is 390. The molecule has 0 amide bonds. The van der Waals surface area contributed by atoms with Crippen molar-refractivity contribution in [3.8, 4) is 5.75 Å². The monoisotopic (exact) mass is 293 g/mol. The SMILES string of the molecule is CCNC(CSC1CCCCC1)c1ccccc1OC. The lowest BCUT2D eigenvalue weighted by atomic mass is 10.0. The summed E-state index contributed by atoms with van der Waals surface area (Å²) in [6.45, 7) is 3.17. The van der Waals surface area contributed by atoms with Crippen molar-refractivity contribution in [3.63, 3.8) is 0 Å². The van der Waals surface area contributed by atoms with Gasteiger partial charge in [0.1, 0.15) is 5.75 Å². The van der Waals surface area contributed by atoms with Crippen LogP contribution in [0.15, 0.2) is 24.3 Å². The third-order valence-electron chi connectivity index (χ3n) is 4.02. The smallest absolute Gasteiger partial charge is 0.123 e. The standard InChI is InChI=1S/C17H27NOS/c1-3-18-16(13-20-14-9-5-4-6-10-14)15-11-7-8-12-17(15)19-2/h7-8,11-12,14,16,18H,3-6,9-10,13H2,1-2H3. The number of hydrogen-bond acceptors (Lipinski definition) is 3. The van der Waals surface area contributed by atoms with E-state index in [1.807, 2.05) is 6.07 Å². The summed E-state index contributed by atoms with van der Waals surface area (Å²) >= 11 is 2.14.